The van der Waals surface area contributed by atoms with Gasteiger partial charge in [0.05, 0.1) is 17.3 Å². The molecule has 1 aliphatic rings. The summed E-state index contributed by atoms with van der Waals surface area (Å²) in [4.78, 5) is 22.0. The third kappa shape index (κ3) is 3.11. The van der Waals surface area contributed by atoms with Crippen molar-refractivity contribution in [1.29, 1.82) is 0 Å². The monoisotopic (exact) mass is 457 g/mol. The number of H-pyrrole nitrogens is 1. The molecule has 3 N–H and O–H groups in total. The third-order valence-electron chi connectivity index (χ3n) is 5.80. The molecule has 0 radical (unpaired) electrons. The van der Waals surface area contributed by atoms with Crippen molar-refractivity contribution in [3.8, 4) is 11.5 Å². The minimum absolute atomic E-state index is 0. The van der Waals surface area contributed by atoms with Gasteiger partial charge in [-0.15, -0.1) is 0 Å². The van der Waals surface area contributed by atoms with Gasteiger partial charge in [-0.05, 0) is 47.7 Å². The second-order valence-electron chi connectivity index (χ2n) is 7.60. The predicted octanol–water partition coefficient (Wildman–Crippen LogP) is 3.37. The zero-order chi connectivity index (χ0) is 21.8. The molecule has 1 aliphatic heterocycles. The molecule has 0 saturated carbocycles. The quantitative estimate of drug-likeness (QED) is 0.405. The van der Waals surface area contributed by atoms with Crippen LogP contribution in [-0.2, 0) is 0 Å². The first kappa shape index (κ1) is 20.9. The second-order valence-corrected chi connectivity index (χ2v) is 8.61. The van der Waals surface area contributed by atoms with Crippen molar-refractivity contribution in [1.82, 2.24) is 4.98 Å². The first-order valence-corrected chi connectivity index (χ1v) is 11.0. The summed E-state index contributed by atoms with van der Waals surface area (Å²) in [5.74, 6) is 0.664. The van der Waals surface area contributed by atoms with Gasteiger partial charge in [0.2, 0.25) is 6.04 Å². The molecule has 2 aromatic heterocycles. The molecule has 3 aromatic carbocycles. The lowest BCUT2D eigenvalue weighted by atomic mass is 9.96. The molecule has 33 heavy (non-hydrogen) atoms. The van der Waals surface area contributed by atoms with E-state index in [4.69, 9.17) is 9.73 Å². The van der Waals surface area contributed by atoms with Gasteiger partial charge in [-0.1, -0.05) is 41.4 Å². The second kappa shape index (κ2) is 7.84. The van der Waals surface area contributed by atoms with Crippen molar-refractivity contribution in [2.45, 2.75) is 6.04 Å². The maximum absolute atomic E-state index is 13.3. The molecule has 0 spiro atoms. The molecule has 5 aromatic rings. The summed E-state index contributed by atoms with van der Waals surface area (Å²) in [6, 6.07) is 22.4. The highest BCUT2D eigenvalue weighted by atomic mass is 32.1. The summed E-state index contributed by atoms with van der Waals surface area (Å²) in [6.07, 6.45) is 0. The van der Waals surface area contributed by atoms with Crippen LogP contribution in [-0.4, -0.2) is 22.7 Å². The summed E-state index contributed by atoms with van der Waals surface area (Å²) in [5.41, 5.74) is 2.93. The maximum atomic E-state index is 13.3. The number of aromatic hydroxyl groups is 1. The molecule has 0 amide bonds. The van der Waals surface area contributed by atoms with Crippen molar-refractivity contribution in [3.63, 3.8) is 0 Å². The van der Waals surface area contributed by atoms with Crippen LogP contribution in [0.5, 0.6) is 11.5 Å². The zero-order valence-electron chi connectivity index (χ0n) is 17.5. The van der Waals surface area contributed by atoms with Gasteiger partial charge in [0.1, 0.15) is 17.1 Å². The minimum Gasteiger partial charge on any atom is -0.870 e. The highest BCUT2D eigenvalue weighted by Gasteiger charge is 2.38. The fraction of sp³-hybridized carbons (Fsp3) is 0.0800. The number of nitrogens with zero attached hydrogens (tertiary/aromatic N) is 2. The molecule has 1 unspecified atom stereocenters. The highest BCUT2D eigenvalue weighted by molar-refractivity contribution is 7.15. The number of nitrogens with one attached hydrogen (secondary N) is 1. The van der Waals surface area contributed by atoms with Crippen LogP contribution in [0.4, 0.5) is 0 Å². The van der Waals surface area contributed by atoms with Gasteiger partial charge in [0.15, 0.2) is 11.2 Å². The lowest BCUT2D eigenvalue weighted by Crippen LogP contribution is -2.35. The Balaban J connectivity index is 0.00000228. The number of ether oxygens (including phenoxy) is 1. The van der Waals surface area contributed by atoms with Crippen LogP contribution >= 0.6 is 11.3 Å². The summed E-state index contributed by atoms with van der Waals surface area (Å²) in [7, 11) is 1.62. The van der Waals surface area contributed by atoms with E-state index < -0.39 is 6.04 Å². The summed E-state index contributed by atoms with van der Waals surface area (Å²) in [6.45, 7) is 0. The Morgan fingerprint density at radius 3 is 2.70 bits per heavy atom. The number of aromatic nitrogens is 2. The molecule has 6 rings (SSSR count). The van der Waals surface area contributed by atoms with E-state index >= 15 is 0 Å². The van der Waals surface area contributed by atoms with Gasteiger partial charge in [-0.25, -0.2) is 0 Å². The van der Waals surface area contributed by atoms with E-state index in [1.807, 2.05) is 64.9 Å². The lowest BCUT2D eigenvalue weighted by molar-refractivity contribution is -0.498. The number of methoxy groups -OCH3 is 1. The molecule has 7 nitrogen and oxygen atoms in total. The predicted molar refractivity (Wildman–Crippen MR) is 125 cm³/mol. The van der Waals surface area contributed by atoms with Crippen LogP contribution in [0, 0.1) is 5.71 Å². The topological polar surface area (TPSA) is 111 Å². The van der Waals surface area contributed by atoms with Crippen LogP contribution < -0.4 is 19.3 Å². The van der Waals surface area contributed by atoms with Crippen molar-refractivity contribution >= 4 is 32.5 Å². The maximum Gasteiger partial charge on any atom is 0.384 e. The molecule has 0 aliphatic carbocycles. The largest absolute Gasteiger partial charge is 0.870 e. The molecule has 3 heterocycles. The van der Waals surface area contributed by atoms with Crippen molar-refractivity contribution in [2.24, 2.45) is 4.99 Å². The van der Waals surface area contributed by atoms with Crippen LogP contribution in [0.3, 0.4) is 0 Å². The van der Waals surface area contributed by atoms with E-state index in [1.165, 1.54) is 0 Å². The number of fused-ring (bicyclic) bond motifs is 4. The van der Waals surface area contributed by atoms with Crippen molar-refractivity contribution < 1.29 is 19.6 Å². The first-order valence-electron chi connectivity index (χ1n) is 10.2. The Morgan fingerprint density at radius 1 is 1.06 bits per heavy atom. The number of pyridine rings is 1. The zero-order valence-corrected chi connectivity index (χ0v) is 18.3. The molecule has 0 saturated heterocycles. The van der Waals surface area contributed by atoms with E-state index in [0.29, 0.717) is 22.4 Å². The molecule has 1 atom stereocenters. The first-order chi connectivity index (χ1) is 15.7. The van der Waals surface area contributed by atoms with Gasteiger partial charge in [0, 0.05) is 10.9 Å². The Labute approximate surface area is 191 Å². The van der Waals surface area contributed by atoms with Gasteiger partial charge in [0.25, 0.3) is 5.56 Å². The van der Waals surface area contributed by atoms with Gasteiger partial charge in [-0.2, -0.15) is 4.24 Å². The van der Waals surface area contributed by atoms with E-state index in [1.54, 1.807) is 30.6 Å². The number of thiazole rings is 1. The molecule has 0 bridgehead atoms. The standard InChI is InChI=1S/C25H17N3O3S.H2O/c1-31-15-8-6-7-14(13-15)21-22(28-18-11-4-5-12-19(18)32-25(28)27-21)20-23(29)16-9-2-3-10-17(16)26-24(20)30;/h2-13,21H,1H3,(H,26,29,30);1H2. The smallest absolute Gasteiger partial charge is 0.384 e. The number of aromatic amines is 1. The third-order valence-corrected chi connectivity index (χ3v) is 6.83. The average molecular weight is 458 g/mol. The van der Waals surface area contributed by atoms with Gasteiger partial charge < -0.3 is 20.3 Å². The Kier molecular flexibility index (Phi) is 4.96. The molecule has 8 heteroatoms. The Morgan fingerprint density at radius 2 is 1.85 bits per heavy atom. The number of rotatable bonds is 3. The number of benzene rings is 3. The van der Waals surface area contributed by atoms with Crippen LogP contribution in [0.15, 0.2) is 82.6 Å². The lowest BCUT2D eigenvalue weighted by Gasteiger charge is -2.11. The SMILES string of the molecule is COc1cccc(C2N=c3sc4ccccc4[n+]3=C2c2c(O)c3ccccc3[nH]c2=O)c1.[OH-]. The Bertz CT molecular complexity index is 1720. The fourth-order valence-electron chi connectivity index (χ4n) is 4.34. The van der Waals surface area contributed by atoms with Crippen LogP contribution in [0.2, 0.25) is 0 Å². The normalized spacial score (nSPS) is 14.7. The molecular formula is C25H19N3O4S. The van der Waals surface area contributed by atoms with Crippen LogP contribution in [0.25, 0.3) is 21.1 Å². The average Bonchev–Trinajstić information content (AvgIpc) is 3.36. The molecule has 0 fully saturated rings. The van der Waals surface area contributed by atoms with E-state index in [-0.39, 0.29) is 22.3 Å². The van der Waals surface area contributed by atoms with Gasteiger partial charge in [-0.3, -0.25) is 4.79 Å². The van der Waals surface area contributed by atoms with Crippen LogP contribution in [0.1, 0.15) is 17.2 Å². The summed E-state index contributed by atoms with van der Waals surface area (Å²) >= 11 is 1.56. The van der Waals surface area contributed by atoms with E-state index in [9.17, 15) is 9.90 Å². The number of hydrogen-bond acceptors (Lipinski definition) is 6. The highest BCUT2D eigenvalue weighted by Crippen LogP contribution is 2.36. The summed E-state index contributed by atoms with van der Waals surface area (Å²) in [5, 5.41) is 11.9. The van der Waals surface area contributed by atoms with E-state index in [2.05, 4.69) is 4.98 Å². The van der Waals surface area contributed by atoms with Crippen molar-refractivity contribution in [3.05, 3.63) is 105 Å². The number of para-hydroxylation sites is 2. The van der Waals surface area contributed by atoms with Gasteiger partial charge >= 0.3 is 4.80 Å². The Hall–Kier alpha value is -4.01. The summed E-state index contributed by atoms with van der Waals surface area (Å²) < 4.78 is 8.47. The molecular weight excluding hydrogens is 438 g/mol. The number of hydrogen-bond donors (Lipinski definition) is 2. The minimum atomic E-state index is -0.464. The fourth-order valence-corrected chi connectivity index (χ4v) is 5.40. The molecule has 164 valence electrons. The van der Waals surface area contributed by atoms with E-state index in [0.717, 1.165) is 20.6 Å². The van der Waals surface area contributed by atoms with Crippen molar-refractivity contribution in [2.75, 3.05) is 7.11 Å².